The summed E-state index contributed by atoms with van der Waals surface area (Å²) in [5, 5.41) is 10.7. The maximum atomic E-state index is 13.3. The van der Waals surface area contributed by atoms with Crippen LogP contribution in [0.15, 0.2) is 42.7 Å². The molecule has 29 heavy (non-hydrogen) atoms. The van der Waals surface area contributed by atoms with Crippen LogP contribution in [0.1, 0.15) is 34.7 Å². The molecule has 0 aliphatic carbocycles. The molecule has 7 nitrogen and oxygen atoms in total. The van der Waals surface area contributed by atoms with E-state index < -0.39 is 0 Å². The van der Waals surface area contributed by atoms with Gasteiger partial charge >= 0.3 is 0 Å². The van der Waals surface area contributed by atoms with Gasteiger partial charge in [0.15, 0.2) is 0 Å². The van der Waals surface area contributed by atoms with Crippen LogP contribution in [0, 0.1) is 11.8 Å². The third-order valence-electron chi connectivity index (χ3n) is 6.10. The van der Waals surface area contributed by atoms with E-state index in [0.29, 0.717) is 31.1 Å². The van der Waals surface area contributed by atoms with Gasteiger partial charge in [-0.25, -0.2) is 0 Å². The summed E-state index contributed by atoms with van der Waals surface area (Å²) in [5.74, 6) is 0.603. The maximum absolute atomic E-state index is 13.3. The Hall–Kier alpha value is -2.67. The van der Waals surface area contributed by atoms with Crippen LogP contribution >= 0.6 is 0 Å². The van der Waals surface area contributed by atoms with Crippen LogP contribution in [0.3, 0.4) is 0 Å². The standard InChI is InChI=1S/C22H29N5O2/c1-26-15-18(11-25-26)19-12-23-13-20(19)22(29)27-9-5-6-16(14-27)10-24-21(28)17-7-3-2-4-8-17/h2-4,7-8,11,15-16,19-20,23H,5-6,9-10,12-14H2,1H3,(H,24,28)/t16?,19-,20+/m1/s1. The fraction of sp³-hybridized carbons (Fsp3) is 0.500. The Morgan fingerprint density at radius 1 is 1.24 bits per heavy atom. The second-order valence-electron chi connectivity index (χ2n) is 8.19. The summed E-state index contributed by atoms with van der Waals surface area (Å²) in [5.41, 5.74) is 1.80. The van der Waals surface area contributed by atoms with Crippen molar-refractivity contribution in [3.8, 4) is 0 Å². The fourth-order valence-corrected chi connectivity index (χ4v) is 4.52. The van der Waals surface area contributed by atoms with Crippen LogP contribution in [-0.2, 0) is 11.8 Å². The Balaban J connectivity index is 1.34. The first-order valence-corrected chi connectivity index (χ1v) is 10.4. The lowest BCUT2D eigenvalue weighted by molar-refractivity contribution is -0.137. The first kappa shape index (κ1) is 19.6. The number of nitrogens with zero attached hydrogens (tertiary/aromatic N) is 3. The summed E-state index contributed by atoms with van der Waals surface area (Å²) < 4.78 is 1.79. The van der Waals surface area contributed by atoms with Crippen LogP contribution in [0.4, 0.5) is 0 Å². The van der Waals surface area contributed by atoms with Crippen molar-refractivity contribution in [2.24, 2.45) is 18.9 Å². The smallest absolute Gasteiger partial charge is 0.251 e. The van der Waals surface area contributed by atoms with E-state index in [0.717, 1.165) is 31.5 Å². The Labute approximate surface area is 171 Å². The normalized spacial score (nSPS) is 24.4. The van der Waals surface area contributed by atoms with E-state index in [1.54, 1.807) is 4.68 Å². The molecule has 0 bridgehead atoms. The van der Waals surface area contributed by atoms with Crippen LogP contribution in [-0.4, -0.2) is 59.2 Å². The molecule has 0 spiro atoms. The van der Waals surface area contributed by atoms with Crippen molar-refractivity contribution in [2.45, 2.75) is 18.8 Å². The molecule has 3 heterocycles. The van der Waals surface area contributed by atoms with Crippen molar-refractivity contribution in [1.82, 2.24) is 25.3 Å². The van der Waals surface area contributed by atoms with Gasteiger partial charge in [-0.05, 0) is 36.5 Å². The molecule has 2 N–H and O–H groups in total. The van der Waals surface area contributed by atoms with E-state index in [1.807, 2.05) is 54.7 Å². The Morgan fingerprint density at radius 3 is 2.83 bits per heavy atom. The summed E-state index contributed by atoms with van der Waals surface area (Å²) in [4.78, 5) is 27.6. The number of likely N-dealkylation sites (tertiary alicyclic amines) is 1. The number of nitrogens with one attached hydrogen (secondary N) is 2. The molecule has 4 rings (SSSR count). The molecular weight excluding hydrogens is 366 g/mol. The average molecular weight is 396 g/mol. The van der Waals surface area contributed by atoms with E-state index >= 15 is 0 Å². The second-order valence-corrected chi connectivity index (χ2v) is 8.19. The number of piperidine rings is 1. The molecule has 2 saturated heterocycles. The molecule has 2 aliphatic heterocycles. The molecule has 2 amide bonds. The molecule has 2 aromatic rings. The SMILES string of the molecule is Cn1cc([C@H]2CNC[C@@H]2C(=O)N2CCCC(CNC(=O)c3ccccc3)C2)cn1. The van der Waals surface area contributed by atoms with Gasteiger partial charge in [0.1, 0.15) is 0 Å². The number of benzene rings is 1. The van der Waals surface area contributed by atoms with Crippen LogP contribution in [0.2, 0.25) is 0 Å². The molecule has 2 aliphatic rings. The summed E-state index contributed by atoms with van der Waals surface area (Å²) >= 11 is 0. The van der Waals surface area contributed by atoms with Gasteiger partial charge in [-0.15, -0.1) is 0 Å². The lowest BCUT2D eigenvalue weighted by Gasteiger charge is -2.35. The number of carbonyl (C=O) groups excluding carboxylic acids is 2. The van der Waals surface area contributed by atoms with E-state index in [1.165, 1.54) is 0 Å². The van der Waals surface area contributed by atoms with Crippen LogP contribution in [0.5, 0.6) is 0 Å². The minimum atomic E-state index is -0.0503. The number of rotatable bonds is 5. The van der Waals surface area contributed by atoms with E-state index in [-0.39, 0.29) is 23.7 Å². The monoisotopic (exact) mass is 395 g/mol. The molecule has 7 heteroatoms. The summed E-state index contributed by atoms with van der Waals surface area (Å²) in [7, 11) is 1.90. The highest BCUT2D eigenvalue weighted by molar-refractivity contribution is 5.94. The zero-order valence-corrected chi connectivity index (χ0v) is 16.9. The van der Waals surface area contributed by atoms with Gasteiger partial charge < -0.3 is 15.5 Å². The Morgan fingerprint density at radius 2 is 2.07 bits per heavy atom. The number of amides is 2. The van der Waals surface area contributed by atoms with Crippen LogP contribution < -0.4 is 10.6 Å². The van der Waals surface area contributed by atoms with Gasteiger partial charge in [0.05, 0.1) is 12.1 Å². The van der Waals surface area contributed by atoms with E-state index in [9.17, 15) is 9.59 Å². The number of aromatic nitrogens is 2. The number of hydrogen-bond donors (Lipinski definition) is 2. The highest BCUT2D eigenvalue weighted by Gasteiger charge is 2.38. The number of carbonyl (C=O) groups is 2. The lowest BCUT2D eigenvalue weighted by atomic mass is 9.88. The largest absolute Gasteiger partial charge is 0.352 e. The van der Waals surface area contributed by atoms with Gasteiger partial charge in [0, 0.05) is 57.4 Å². The molecule has 1 unspecified atom stereocenters. The molecule has 2 fully saturated rings. The van der Waals surface area contributed by atoms with Gasteiger partial charge in [-0.2, -0.15) is 5.10 Å². The van der Waals surface area contributed by atoms with Gasteiger partial charge in [-0.1, -0.05) is 18.2 Å². The van der Waals surface area contributed by atoms with Crippen molar-refractivity contribution in [3.05, 3.63) is 53.9 Å². The summed E-state index contributed by atoms with van der Waals surface area (Å²) in [6, 6.07) is 9.27. The summed E-state index contributed by atoms with van der Waals surface area (Å²) in [6.07, 6.45) is 5.90. The predicted molar refractivity (Wildman–Crippen MR) is 110 cm³/mol. The molecular formula is C22H29N5O2. The number of aryl methyl sites for hydroxylation is 1. The third-order valence-corrected chi connectivity index (χ3v) is 6.10. The molecule has 1 aromatic heterocycles. The highest BCUT2D eigenvalue weighted by atomic mass is 16.2. The predicted octanol–water partition coefficient (Wildman–Crippen LogP) is 1.39. The fourth-order valence-electron chi connectivity index (χ4n) is 4.52. The number of hydrogen-bond acceptors (Lipinski definition) is 4. The van der Waals surface area contributed by atoms with E-state index in [2.05, 4.69) is 15.7 Å². The summed E-state index contributed by atoms with van der Waals surface area (Å²) in [6.45, 7) is 3.64. The molecule has 1 aromatic carbocycles. The van der Waals surface area contributed by atoms with E-state index in [4.69, 9.17) is 0 Å². The highest BCUT2D eigenvalue weighted by Crippen LogP contribution is 2.30. The molecule has 3 atom stereocenters. The van der Waals surface area contributed by atoms with Crippen molar-refractivity contribution in [3.63, 3.8) is 0 Å². The topological polar surface area (TPSA) is 79.3 Å². The Bertz CT molecular complexity index is 850. The molecule has 0 saturated carbocycles. The third kappa shape index (κ3) is 4.50. The van der Waals surface area contributed by atoms with Crippen molar-refractivity contribution >= 4 is 11.8 Å². The average Bonchev–Trinajstić information content (AvgIpc) is 3.41. The van der Waals surface area contributed by atoms with Crippen LogP contribution in [0.25, 0.3) is 0 Å². The second kappa shape index (κ2) is 8.78. The first-order valence-electron chi connectivity index (χ1n) is 10.4. The minimum absolute atomic E-state index is 0.0446. The molecule has 0 radical (unpaired) electrons. The van der Waals surface area contributed by atoms with Gasteiger partial charge in [0.2, 0.25) is 5.91 Å². The zero-order chi connectivity index (χ0) is 20.2. The van der Waals surface area contributed by atoms with Crippen molar-refractivity contribution in [2.75, 3.05) is 32.7 Å². The quantitative estimate of drug-likeness (QED) is 0.802. The first-order chi connectivity index (χ1) is 14.1. The maximum Gasteiger partial charge on any atom is 0.251 e. The van der Waals surface area contributed by atoms with Gasteiger partial charge in [-0.3, -0.25) is 14.3 Å². The zero-order valence-electron chi connectivity index (χ0n) is 16.9. The van der Waals surface area contributed by atoms with Crippen molar-refractivity contribution in [1.29, 1.82) is 0 Å². The lowest BCUT2D eigenvalue weighted by Crippen LogP contribution is -2.47. The van der Waals surface area contributed by atoms with Gasteiger partial charge in [0.25, 0.3) is 5.91 Å². The Kier molecular flexibility index (Phi) is 5.94. The molecule has 154 valence electrons. The minimum Gasteiger partial charge on any atom is -0.352 e. The van der Waals surface area contributed by atoms with Crippen molar-refractivity contribution < 1.29 is 9.59 Å².